The molecule has 0 bridgehead atoms. The number of benzene rings is 2. The number of carbonyl (C=O) groups is 1. The van der Waals surface area contributed by atoms with E-state index in [0.29, 0.717) is 5.92 Å². The minimum Gasteiger partial charge on any atom is -0.294 e. The van der Waals surface area contributed by atoms with Crippen molar-refractivity contribution in [2.75, 3.05) is 0 Å². The Morgan fingerprint density at radius 1 is 0.842 bits per heavy atom. The van der Waals surface area contributed by atoms with Crippen molar-refractivity contribution in [3.63, 3.8) is 0 Å². The molecule has 0 amide bonds. The van der Waals surface area contributed by atoms with E-state index in [1.165, 1.54) is 5.56 Å². The maximum absolute atomic E-state index is 12.4. The van der Waals surface area contributed by atoms with E-state index < -0.39 is 0 Å². The summed E-state index contributed by atoms with van der Waals surface area (Å²) in [6.07, 6.45) is 0. The van der Waals surface area contributed by atoms with E-state index in [-0.39, 0.29) is 11.7 Å². The predicted molar refractivity (Wildman–Crippen MR) is 79.7 cm³/mol. The molecule has 1 heteroatoms. The first kappa shape index (κ1) is 13.5. The van der Waals surface area contributed by atoms with E-state index in [9.17, 15) is 4.79 Å². The van der Waals surface area contributed by atoms with Gasteiger partial charge in [0.05, 0.1) is 0 Å². The third-order valence-corrected chi connectivity index (χ3v) is 3.53. The van der Waals surface area contributed by atoms with Gasteiger partial charge in [0.15, 0.2) is 5.78 Å². The van der Waals surface area contributed by atoms with Crippen molar-refractivity contribution in [2.45, 2.75) is 32.6 Å². The predicted octanol–water partition coefficient (Wildman–Crippen LogP) is 4.80. The minimum atomic E-state index is -0.0962. The number of rotatable bonds is 4. The normalized spacial score (nSPS) is 12.4. The molecular weight excluding hydrogens is 232 g/mol. The van der Waals surface area contributed by atoms with Crippen LogP contribution in [0.15, 0.2) is 54.6 Å². The molecule has 0 aliphatic heterocycles. The SMILES string of the molecule is CC(C)c1cccc(C(C)C(=O)c2ccccc2)c1. The van der Waals surface area contributed by atoms with Gasteiger partial charge in [0.1, 0.15) is 0 Å². The molecule has 0 saturated carbocycles. The Bertz CT molecular complexity index is 555. The zero-order valence-corrected chi connectivity index (χ0v) is 11.8. The van der Waals surface area contributed by atoms with Crippen molar-refractivity contribution in [3.8, 4) is 0 Å². The fraction of sp³-hybridized carbons (Fsp3) is 0.278. The zero-order valence-electron chi connectivity index (χ0n) is 11.8. The van der Waals surface area contributed by atoms with Gasteiger partial charge in [0.2, 0.25) is 0 Å². The highest BCUT2D eigenvalue weighted by Gasteiger charge is 2.17. The second-order valence-corrected chi connectivity index (χ2v) is 5.28. The summed E-state index contributed by atoms with van der Waals surface area (Å²) < 4.78 is 0. The van der Waals surface area contributed by atoms with Crippen LogP contribution in [0, 0.1) is 0 Å². The van der Waals surface area contributed by atoms with E-state index in [4.69, 9.17) is 0 Å². The first-order valence-corrected chi connectivity index (χ1v) is 6.78. The zero-order chi connectivity index (χ0) is 13.8. The number of Topliss-reactive ketones (excluding diaryl/α,β-unsaturated/α-hetero) is 1. The average Bonchev–Trinajstić information content (AvgIpc) is 2.46. The van der Waals surface area contributed by atoms with E-state index in [0.717, 1.165) is 11.1 Å². The molecule has 1 atom stereocenters. The molecule has 2 rings (SSSR count). The molecule has 2 aromatic carbocycles. The summed E-state index contributed by atoms with van der Waals surface area (Å²) in [5, 5.41) is 0. The van der Waals surface area contributed by atoms with Crippen LogP contribution < -0.4 is 0 Å². The number of hydrogen-bond acceptors (Lipinski definition) is 1. The quantitative estimate of drug-likeness (QED) is 0.714. The Morgan fingerprint density at radius 3 is 2.11 bits per heavy atom. The van der Waals surface area contributed by atoms with Gasteiger partial charge in [-0.05, 0) is 17.0 Å². The van der Waals surface area contributed by atoms with Crippen molar-refractivity contribution >= 4 is 5.78 Å². The molecule has 0 radical (unpaired) electrons. The summed E-state index contributed by atoms with van der Waals surface area (Å²) >= 11 is 0. The average molecular weight is 252 g/mol. The lowest BCUT2D eigenvalue weighted by Gasteiger charge is -2.13. The topological polar surface area (TPSA) is 17.1 Å². The van der Waals surface area contributed by atoms with Crippen molar-refractivity contribution in [1.29, 1.82) is 0 Å². The molecule has 0 aromatic heterocycles. The van der Waals surface area contributed by atoms with Crippen molar-refractivity contribution < 1.29 is 4.79 Å². The monoisotopic (exact) mass is 252 g/mol. The van der Waals surface area contributed by atoms with E-state index in [2.05, 4.69) is 26.0 Å². The van der Waals surface area contributed by atoms with E-state index >= 15 is 0 Å². The standard InChI is InChI=1S/C18H20O/c1-13(2)16-10-7-11-17(12-16)14(3)18(19)15-8-5-4-6-9-15/h4-14H,1-3H3. The Kier molecular flexibility index (Phi) is 4.16. The number of ketones is 1. The Labute approximate surface area is 115 Å². The van der Waals surface area contributed by atoms with Crippen LogP contribution in [0.4, 0.5) is 0 Å². The van der Waals surface area contributed by atoms with Crippen LogP contribution in [0.1, 0.15) is 54.1 Å². The van der Waals surface area contributed by atoms with Crippen LogP contribution in [0.25, 0.3) is 0 Å². The lowest BCUT2D eigenvalue weighted by Crippen LogP contribution is -2.09. The van der Waals surface area contributed by atoms with Crippen LogP contribution in [0.5, 0.6) is 0 Å². The highest BCUT2D eigenvalue weighted by molar-refractivity contribution is 6.00. The van der Waals surface area contributed by atoms with Gasteiger partial charge in [-0.3, -0.25) is 4.79 Å². The van der Waals surface area contributed by atoms with Gasteiger partial charge in [-0.2, -0.15) is 0 Å². The Morgan fingerprint density at radius 2 is 1.47 bits per heavy atom. The van der Waals surface area contributed by atoms with E-state index in [1.807, 2.05) is 49.4 Å². The highest BCUT2D eigenvalue weighted by atomic mass is 16.1. The molecular formula is C18H20O. The van der Waals surface area contributed by atoms with Crippen LogP contribution >= 0.6 is 0 Å². The smallest absolute Gasteiger partial charge is 0.170 e. The molecule has 0 aliphatic rings. The first-order valence-electron chi connectivity index (χ1n) is 6.78. The van der Waals surface area contributed by atoms with Crippen molar-refractivity contribution in [3.05, 3.63) is 71.3 Å². The lowest BCUT2D eigenvalue weighted by molar-refractivity contribution is 0.0966. The fourth-order valence-corrected chi connectivity index (χ4v) is 2.19. The summed E-state index contributed by atoms with van der Waals surface area (Å²) in [5.41, 5.74) is 3.16. The molecule has 98 valence electrons. The van der Waals surface area contributed by atoms with Gasteiger partial charge >= 0.3 is 0 Å². The van der Waals surface area contributed by atoms with Gasteiger partial charge in [0, 0.05) is 11.5 Å². The first-order chi connectivity index (χ1) is 9.09. The number of carbonyl (C=O) groups excluding carboxylic acids is 1. The maximum Gasteiger partial charge on any atom is 0.170 e. The molecule has 0 aliphatic carbocycles. The number of hydrogen-bond donors (Lipinski definition) is 0. The molecule has 19 heavy (non-hydrogen) atoms. The summed E-state index contributed by atoms with van der Waals surface area (Å²) in [4.78, 5) is 12.4. The van der Waals surface area contributed by atoms with Gasteiger partial charge < -0.3 is 0 Å². The third-order valence-electron chi connectivity index (χ3n) is 3.53. The summed E-state index contributed by atoms with van der Waals surface area (Å²) in [7, 11) is 0. The van der Waals surface area contributed by atoms with Crippen molar-refractivity contribution in [2.24, 2.45) is 0 Å². The molecule has 0 N–H and O–H groups in total. The molecule has 0 fully saturated rings. The third kappa shape index (κ3) is 3.11. The van der Waals surface area contributed by atoms with Crippen LogP contribution in [0.3, 0.4) is 0 Å². The van der Waals surface area contributed by atoms with Crippen molar-refractivity contribution in [1.82, 2.24) is 0 Å². The Balaban J connectivity index is 2.27. The van der Waals surface area contributed by atoms with Crippen LogP contribution in [-0.2, 0) is 0 Å². The van der Waals surface area contributed by atoms with Crippen LogP contribution in [-0.4, -0.2) is 5.78 Å². The van der Waals surface area contributed by atoms with E-state index in [1.54, 1.807) is 0 Å². The fourth-order valence-electron chi connectivity index (χ4n) is 2.19. The molecule has 0 saturated heterocycles. The summed E-state index contributed by atoms with van der Waals surface area (Å²) in [6.45, 7) is 6.32. The van der Waals surface area contributed by atoms with Gasteiger partial charge in [-0.15, -0.1) is 0 Å². The molecule has 1 nitrogen and oxygen atoms in total. The highest BCUT2D eigenvalue weighted by Crippen LogP contribution is 2.24. The van der Waals surface area contributed by atoms with Crippen LogP contribution in [0.2, 0.25) is 0 Å². The summed E-state index contributed by atoms with van der Waals surface area (Å²) in [5.74, 6) is 0.571. The largest absolute Gasteiger partial charge is 0.294 e. The molecule has 1 unspecified atom stereocenters. The minimum absolute atomic E-state index is 0.0962. The maximum atomic E-state index is 12.4. The van der Waals surface area contributed by atoms with Gasteiger partial charge in [-0.1, -0.05) is 75.4 Å². The van der Waals surface area contributed by atoms with Gasteiger partial charge in [-0.25, -0.2) is 0 Å². The lowest BCUT2D eigenvalue weighted by atomic mass is 9.90. The second-order valence-electron chi connectivity index (χ2n) is 5.28. The molecule has 2 aromatic rings. The molecule has 0 heterocycles. The molecule has 0 spiro atoms. The second kappa shape index (κ2) is 5.83. The Hall–Kier alpha value is -1.89. The van der Waals surface area contributed by atoms with Gasteiger partial charge in [0.25, 0.3) is 0 Å². The summed E-state index contributed by atoms with van der Waals surface area (Å²) in [6, 6.07) is 17.9.